The van der Waals surface area contributed by atoms with Crippen LogP contribution in [0.2, 0.25) is 10.0 Å². The van der Waals surface area contributed by atoms with E-state index in [2.05, 4.69) is 20.4 Å². The van der Waals surface area contributed by atoms with Crippen molar-refractivity contribution in [2.24, 2.45) is 0 Å². The van der Waals surface area contributed by atoms with Gasteiger partial charge in [-0.1, -0.05) is 29.3 Å². The van der Waals surface area contributed by atoms with E-state index in [-0.39, 0.29) is 17.0 Å². The van der Waals surface area contributed by atoms with Crippen molar-refractivity contribution < 1.29 is 13.2 Å². The Bertz CT molecular complexity index is 1220. The first-order valence-corrected chi connectivity index (χ1v) is 10.4. The molecular weight excluding hydrogens is 431 g/mol. The minimum atomic E-state index is -3.71. The summed E-state index contributed by atoms with van der Waals surface area (Å²) in [6.07, 6.45) is 2.16. The zero-order valence-electron chi connectivity index (χ0n) is 14.4. The van der Waals surface area contributed by atoms with Crippen molar-refractivity contribution in [3.8, 4) is 0 Å². The SMILES string of the molecule is CS(=O)(=O)NC(=O)Cn1ncc2nc(NCc3ccc(Cl)c(Cl)c3)[nH]c(=O)c21. The molecule has 0 aliphatic rings. The quantitative estimate of drug-likeness (QED) is 0.517. The smallest absolute Gasteiger partial charge is 0.278 e. The van der Waals surface area contributed by atoms with E-state index in [1.54, 1.807) is 18.2 Å². The van der Waals surface area contributed by atoms with E-state index < -0.39 is 28.0 Å². The lowest BCUT2D eigenvalue weighted by Gasteiger charge is -2.07. The highest BCUT2D eigenvalue weighted by Crippen LogP contribution is 2.22. The summed E-state index contributed by atoms with van der Waals surface area (Å²) in [6.45, 7) is -0.117. The van der Waals surface area contributed by atoms with Crippen LogP contribution in [0.3, 0.4) is 0 Å². The number of H-pyrrole nitrogens is 1. The molecule has 3 N–H and O–H groups in total. The van der Waals surface area contributed by atoms with Crippen LogP contribution in [0.15, 0.2) is 29.2 Å². The largest absolute Gasteiger partial charge is 0.352 e. The lowest BCUT2D eigenvalue weighted by Crippen LogP contribution is -2.33. The van der Waals surface area contributed by atoms with Crippen LogP contribution in [0.1, 0.15) is 5.56 Å². The normalized spacial score (nSPS) is 11.5. The second-order valence-corrected chi connectivity index (χ2v) is 8.41. The van der Waals surface area contributed by atoms with Gasteiger partial charge in [-0.3, -0.25) is 19.3 Å². The number of benzene rings is 1. The number of amides is 1. The number of sulfonamides is 1. The molecule has 0 bridgehead atoms. The standard InChI is InChI=1S/C15H14Cl2N6O4S/c1-28(26,27)22-12(24)7-23-13-11(6-19-23)20-15(21-14(13)25)18-5-8-2-3-9(16)10(17)4-8/h2-4,6H,5,7H2,1H3,(H,22,24)(H2,18,20,21,25). The van der Waals surface area contributed by atoms with Crippen molar-refractivity contribution in [2.75, 3.05) is 11.6 Å². The monoisotopic (exact) mass is 444 g/mol. The molecule has 13 heteroatoms. The number of fused-ring (bicyclic) bond motifs is 1. The molecule has 1 aromatic carbocycles. The Labute approximate surface area is 168 Å². The molecule has 10 nitrogen and oxygen atoms in total. The van der Waals surface area contributed by atoms with Crippen molar-refractivity contribution in [1.29, 1.82) is 0 Å². The highest BCUT2D eigenvalue weighted by atomic mass is 35.5. The van der Waals surface area contributed by atoms with Crippen LogP contribution >= 0.6 is 23.2 Å². The molecule has 0 saturated carbocycles. The van der Waals surface area contributed by atoms with Crippen LogP contribution in [-0.4, -0.2) is 40.3 Å². The van der Waals surface area contributed by atoms with Crippen LogP contribution in [0.25, 0.3) is 11.0 Å². The topological polar surface area (TPSA) is 139 Å². The number of hydrogen-bond acceptors (Lipinski definition) is 7. The van der Waals surface area contributed by atoms with E-state index in [4.69, 9.17) is 23.2 Å². The molecule has 28 heavy (non-hydrogen) atoms. The molecule has 148 valence electrons. The average molecular weight is 445 g/mol. The van der Waals surface area contributed by atoms with Gasteiger partial charge in [0, 0.05) is 6.54 Å². The zero-order chi connectivity index (χ0) is 20.5. The van der Waals surface area contributed by atoms with E-state index in [1.807, 2.05) is 4.72 Å². The molecule has 0 spiro atoms. The van der Waals surface area contributed by atoms with Crippen LogP contribution in [0.5, 0.6) is 0 Å². The number of hydrogen-bond donors (Lipinski definition) is 3. The predicted octanol–water partition coefficient (Wildman–Crippen LogP) is 1.11. The molecule has 2 aromatic heterocycles. The molecule has 1 amide bonds. The van der Waals surface area contributed by atoms with Crippen molar-refractivity contribution in [3.63, 3.8) is 0 Å². The first-order valence-electron chi connectivity index (χ1n) is 7.76. The van der Waals surface area contributed by atoms with Gasteiger partial charge in [-0.15, -0.1) is 0 Å². The number of aromatic nitrogens is 4. The summed E-state index contributed by atoms with van der Waals surface area (Å²) in [6, 6.07) is 5.12. The third-order valence-corrected chi connectivity index (χ3v) is 4.87. The average Bonchev–Trinajstić information content (AvgIpc) is 2.97. The van der Waals surface area contributed by atoms with Gasteiger partial charge in [0.05, 0.1) is 22.5 Å². The minimum Gasteiger partial charge on any atom is -0.352 e. The predicted molar refractivity (Wildman–Crippen MR) is 105 cm³/mol. The first kappa shape index (κ1) is 20.1. The molecule has 0 radical (unpaired) electrons. The van der Waals surface area contributed by atoms with Gasteiger partial charge in [0.1, 0.15) is 12.1 Å². The van der Waals surface area contributed by atoms with Gasteiger partial charge >= 0.3 is 0 Å². The molecule has 3 aromatic rings. The van der Waals surface area contributed by atoms with Gasteiger partial charge in [-0.05, 0) is 17.7 Å². The van der Waals surface area contributed by atoms with Crippen LogP contribution in [0, 0.1) is 0 Å². The third kappa shape index (κ3) is 4.80. The zero-order valence-corrected chi connectivity index (χ0v) is 16.7. The van der Waals surface area contributed by atoms with Crippen molar-refractivity contribution >= 4 is 56.1 Å². The van der Waals surface area contributed by atoms with Gasteiger partial charge < -0.3 is 5.32 Å². The maximum Gasteiger partial charge on any atom is 0.278 e. The fourth-order valence-electron chi connectivity index (χ4n) is 2.42. The van der Waals surface area contributed by atoms with Crippen LogP contribution < -0.4 is 15.6 Å². The van der Waals surface area contributed by atoms with E-state index in [0.717, 1.165) is 16.5 Å². The van der Waals surface area contributed by atoms with Gasteiger partial charge in [0.15, 0.2) is 5.52 Å². The fraction of sp³-hybridized carbons (Fsp3) is 0.200. The molecule has 0 aliphatic heterocycles. The Morgan fingerprint density at radius 3 is 2.71 bits per heavy atom. The molecular formula is C15H14Cl2N6O4S. The summed E-state index contributed by atoms with van der Waals surface area (Å²) in [5.74, 6) is -0.627. The number of carbonyl (C=O) groups excluding carboxylic acids is 1. The van der Waals surface area contributed by atoms with Gasteiger partial charge in [0.25, 0.3) is 11.5 Å². The minimum absolute atomic E-state index is 0.0451. The second-order valence-electron chi connectivity index (χ2n) is 5.85. The fourth-order valence-corrected chi connectivity index (χ4v) is 3.22. The molecule has 3 rings (SSSR count). The maximum absolute atomic E-state index is 12.4. The number of halogens is 2. The Kier molecular flexibility index (Phi) is 5.59. The second kappa shape index (κ2) is 7.78. The van der Waals surface area contributed by atoms with E-state index in [1.165, 1.54) is 6.20 Å². The summed E-state index contributed by atoms with van der Waals surface area (Å²) in [5.41, 5.74) is 0.577. The van der Waals surface area contributed by atoms with Crippen LogP contribution in [-0.2, 0) is 27.9 Å². The van der Waals surface area contributed by atoms with Crippen LogP contribution in [0.4, 0.5) is 5.95 Å². The highest BCUT2D eigenvalue weighted by Gasteiger charge is 2.15. The molecule has 0 atom stereocenters. The van der Waals surface area contributed by atoms with Crippen molar-refractivity contribution in [3.05, 3.63) is 50.4 Å². The lowest BCUT2D eigenvalue weighted by molar-refractivity contribution is -0.120. The third-order valence-electron chi connectivity index (χ3n) is 3.54. The van der Waals surface area contributed by atoms with Gasteiger partial charge in [-0.25, -0.2) is 18.1 Å². The Hall–Kier alpha value is -2.63. The number of nitrogens with zero attached hydrogens (tertiary/aromatic N) is 3. The number of anilines is 1. The van der Waals surface area contributed by atoms with Gasteiger partial charge in [0.2, 0.25) is 16.0 Å². The van der Waals surface area contributed by atoms with Crippen molar-refractivity contribution in [2.45, 2.75) is 13.1 Å². The highest BCUT2D eigenvalue weighted by molar-refractivity contribution is 7.89. The number of carbonyl (C=O) groups is 1. The number of aromatic amines is 1. The summed E-state index contributed by atoms with van der Waals surface area (Å²) in [4.78, 5) is 30.9. The molecule has 2 heterocycles. The number of nitrogens with one attached hydrogen (secondary N) is 3. The summed E-state index contributed by atoms with van der Waals surface area (Å²) in [7, 11) is -3.71. The number of rotatable bonds is 6. The molecule has 0 aliphatic carbocycles. The van der Waals surface area contributed by atoms with Gasteiger partial charge in [-0.2, -0.15) is 5.10 Å². The van der Waals surface area contributed by atoms with E-state index >= 15 is 0 Å². The molecule has 0 fully saturated rings. The Balaban J connectivity index is 1.79. The lowest BCUT2D eigenvalue weighted by atomic mass is 10.2. The summed E-state index contributed by atoms with van der Waals surface area (Å²) in [5, 5.41) is 7.73. The maximum atomic E-state index is 12.4. The molecule has 0 unspecified atom stereocenters. The summed E-state index contributed by atoms with van der Waals surface area (Å²) < 4.78 is 25.1. The Morgan fingerprint density at radius 2 is 2.04 bits per heavy atom. The van der Waals surface area contributed by atoms with Crippen molar-refractivity contribution in [1.82, 2.24) is 24.5 Å². The van der Waals surface area contributed by atoms with E-state index in [0.29, 0.717) is 16.6 Å². The first-order chi connectivity index (χ1) is 13.1. The van der Waals surface area contributed by atoms with E-state index in [9.17, 15) is 18.0 Å². The summed E-state index contributed by atoms with van der Waals surface area (Å²) >= 11 is 11.8. The Morgan fingerprint density at radius 1 is 1.29 bits per heavy atom. The molecule has 0 saturated heterocycles.